The Morgan fingerprint density at radius 2 is 1.92 bits per heavy atom. The van der Waals surface area contributed by atoms with E-state index < -0.39 is 17.8 Å². The van der Waals surface area contributed by atoms with E-state index in [1.54, 1.807) is 6.92 Å². The van der Waals surface area contributed by atoms with Gasteiger partial charge < -0.3 is 4.84 Å². The van der Waals surface area contributed by atoms with Crippen LogP contribution in [0, 0.1) is 0 Å². The summed E-state index contributed by atoms with van der Waals surface area (Å²) >= 11 is 0. The van der Waals surface area contributed by atoms with Crippen molar-refractivity contribution in [2.45, 2.75) is 19.8 Å². The van der Waals surface area contributed by atoms with Crippen LogP contribution in [-0.2, 0) is 19.2 Å². The Kier molecular flexibility index (Phi) is 2.79. The van der Waals surface area contributed by atoms with Gasteiger partial charge in [0.15, 0.2) is 0 Å². The van der Waals surface area contributed by atoms with E-state index in [4.69, 9.17) is 0 Å². The van der Waals surface area contributed by atoms with Gasteiger partial charge >= 0.3 is 5.97 Å². The number of rotatable bonds is 2. The highest BCUT2D eigenvalue weighted by molar-refractivity contribution is 6.02. The molecule has 0 atom stereocenters. The molecule has 0 bridgehead atoms. The number of imide groups is 1. The van der Waals surface area contributed by atoms with Crippen molar-refractivity contribution in [2.75, 3.05) is 0 Å². The molecule has 1 heterocycles. The summed E-state index contributed by atoms with van der Waals surface area (Å²) in [6.07, 6.45) is 2.83. The molecule has 0 aromatic carbocycles. The minimum atomic E-state index is -0.717. The number of nitrogens with zero attached hydrogens (tertiary/aromatic N) is 1. The second-order valence-corrected chi connectivity index (χ2v) is 2.49. The average Bonchev–Trinajstić information content (AvgIpc) is 2.36. The monoisotopic (exact) mass is 183 g/mol. The molecule has 0 aliphatic carbocycles. The average molecular weight is 183 g/mol. The van der Waals surface area contributed by atoms with Crippen LogP contribution < -0.4 is 0 Å². The highest BCUT2D eigenvalue weighted by Gasteiger charge is 2.32. The summed E-state index contributed by atoms with van der Waals surface area (Å²) in [4.78, 5) is 37.2. The molecule has 0 aromatic heterocycles. The first-order valence-electron chi connectivity index (χ1n) is 3.85. The Balaban J connectivity index is 2.57. The molecule has 1 aliphatic heterocycles. The van der Waals surface area contributed by atoms with E-state index in [9.17, 15) is 14.4 Å². The zero-order chi connectivity index (χ0) is 9.84. The normalized spacial score (nSPS) is 17.2. The molecule has 0 unspecified atom stereocenters. The molecule has 1 aliphatic rings. The Morgan fingerprint density at radius 3 is 2.38 bits per heavy atom. The van der Waals surface area contributed by atoms with Gasteiger partial charge in [0.1, 0.15) is 0 Å². The lowest BCUT2D eigenvalue weighted by Gasteiger charge is -2.10. The SMILES string of the molecule is CC=CC(=O)ON1C(=O)CCC1=O. The Bertz CT molecular complexity index is 266. The van der Waals surface area contributed by atoms with Crippen LogP contribution in [0.1, 0.15) is 19.8 Å². The summed E-state index contributed by atoms with van der Waals surface area (Å²) in [5.41, 5.74) is 0. The molecule has 1 rings (SSSR count). The Labute approximate surface area is 74.9 Å². The fourth-order valence-corrected chi connectivity index (χ4v) is 0.914. The van der Waals surface area contributed by atoms with Crippen molar-refractivity contribution in [1.29, 1.82) is 0 Å². The Morgan fingerprint density at radius 1 is 1.38 bits per heavy atom. The molecule has 0 N–H and O–H groups in total. The molecule has 1 fully saturated rings. The quantitative estimate of drug-likeness (QED) is 0.452. The number of hydrogen-bond acceptors (Lipinski definition) is 4. The van der Waals surface area contributed by atoms with Crippen molar-refractivity contribution >= 4 is 17.8 Å². The van der Waals surface area contributed by atoms with Gasteiger partial charge in [-0.1, -0.05) is 6.08 Å². The van der Waals surface area contributed by atoms with Gasteiger partial charge in [0.05, 0.1) is 0 Å². The van der Waals surface area contributed by atoms with Gasteiger partial charge in [-0.2, -0.15) is 0 Å². The summed E-state index contributed by atoms with van der Waals surface area (Å²) in [7, 11) is 0. The third-order valence-corrected chi connectivity index (χ3v) is 1.49. The molecule has 0 radical (unpaired) electrons. The van der Waals surface area contributed by atoms with Crippen LogP contribution in [-0.4, -0.2) is 22.8 Å². The van der Waals surface area contributed by atoms with E-state index in [1.165, 1.54) is 6.08 Å². The first-order valence-corrected chi connectivity index (χ1v) is 3.85. The molecule has 70 valence electrons. The standard InChI is InChI=1S/C8H9NO4/c1-2-3-8(12)13-9-6(10)4-5-7(9)11/h2-3H,4-5H2,1H3. The van der Waals surface area contributed by atoms with Crippen LogP contribution in [0.5, 0.6) is 0 Å². The molecule has 5 nitrogen and oxygen atoms in total. The number of amides is 2. The summed E-state index contributed by atoms with van der Waals surface area (Å²) in [5.74, 6) is -1.66. The molecular weight excluding hydrogens is 174 g/mol. The molecule has 0 aromatic rings. The smallest absolute Gasteiger partial charge is 0.326 e. The van der Waals surface area contributed by atoms with Crippen LogP contribution in [0.25, 0.3) is 0 Å². The van der Waals surface area contributed by atoms with Crippen molar-refractivity contribution in [3.05, 3.63) is 12.2 Å². The summed E-state index contributed by atoms with van der Waals surface area (Å²) in [6.45, 7) is 1.63. The highest BCUT2D eigenvalue weighted by Crippen LogP contribution is 2.11. The van der Waals surface area contributed by atoms with Crippen molar-refractivity contribution < 1.29 is 19.2 Å². The number of hydroxylamine groups is 2. The number of carbonyl (C=O) groups is 3. The van der Waals surface area contributed by atoms with Gasteiger partial charge in [-0.3, -0.25) is 9.59 Å². The molecule has 0 spiro atoms. The van der Waals surface area contributed by atoms with E-state index in [2.05, 4.69) is 4.84 Å². The summed E-state index contributed by atoms with van der Waals surface area (Å²) < 4.78 is 0. The Hall–Kier alpha value is -1.65. The van der Waals surface area contributed by atoms with Gasteiger partial charge in [0.2, 0.25) is 0 Å². The van der Waals surface area contributed by atoms with Gasteiger partial charge in [-0.25, -0.2) is 4.79 Å². The molecule has 13 heavy (non-hydrogen) atoms. The van der Waals surface area contributed by atoms with Crippen LogP contribution >= 0.6 is 0 Å². The van der Waals surface area contributed by atoms with Crippen LogP contribution in [0.15, 0.2) is 12.2 Å². The molecule has 5 heteroatoms. The fraction of sp³-hybridized carbons (Fsp3) is 0.375. The van der Waals surface area contributed by atoms with Crippen LogP contribution in [0.4, 0.5) is 0 Å². The molecule has 0 saturated carbocycles. The van der Waals surface area contributed by atoms with Crippen molar-refractivity contribution in [3.8, 4) is 0 Å². The second-order valence-electron chi connectivity index (χ2n) is 2.49. The molecule has 1 saturated heterocycles. The second kappa shape index (κ2) is 3.84. The zero-order valence-corrected chi connectivity index (χ0v) is 7.15. The minimum absolute atomic E-state index is 0.113. The topological polar surface area (TPSA) is 63.7 Å². The number of allylic oxidation sites excluding steroid dienone is 1. The van der Waals surface area contributed by atoms with E-state index in [0.717, 1.165) is 6.08 Å². The number of hydrogen-bond donors (Lipinski definition) is 0. The largest absolute Gasteiger partial charge is 0.356 e. The molecule has 2 amide bonds. The first kappa shape index (κ1) is 9.44. The predicted octanol–water partition coefficient (Wildman–Crippen LogP) is 0.170. The van der Waals surface area contributed by atoms with Crippen LogP contribution in [0.2, 0.25) is 0 Å². The maximum absolute atomic E-state index is 10.9. The van der Waals surface area contributed by atoms with Gasteiger partial charge in [-0.15, -0.1) is 5.06 Å². The van der Waals surface area contributed by atoms with Crippen LogP contribution in [0.3, 0.4) is 0 Å². The van der Waals surface area contributed by atoms with E-state index in [0.29, 0.717) is 5.06 Å². The molecular formula is C8H9NO4. The number of carbonyl (C=O) groups excluding carboxylic acids is 3. The summed E-state index contributed by atoms with van der Waals surface area (Å²) in [6, 6.07) is 0. The van der Waals surface area contributed by atoms with Gasteiger partial charge in [-0.05, 0) is 6.92 Å². The minimum Gasteiger partial charge on any atom is -0.326 e. The van der Waals surface area contributed by atoms with E-state index in [1.807, 2.05) is 0 Å². The van der Waals surface area contributed by atoms with E-state index in [-0.39, 0.29) is 12.8 Å². The highest BCUT2D eigenvalue weighted by atomic mass is 16.7. The first-order chi connectivity index (χ1) is 6.15. The third-order valence-electron chi connectivity index (χ3n) is 1.49. The lowest BCUT2D eigenvalue weighted by molar-refractivity contribution is -0.193. The summed E-state index contributed by atoms with van der Waals surface area (Å²) in [5, 5.41) is 0.516. The van der Waals surface area contributed by atoms with Gasteiger partial charge in [0.25, 0.3) is 11.8 Å². The maximum Gasteiger partial charge on any atom is 0.356 e. The zero-order valence-electron chi connectivity index (χ0n) is 7.15. The van der Waals surface area contributed by atoms with Crippen molar-refractivity contribution in [1.82, 2.24) is 5.06 Å². The van der Waals surface area contributed by atoms with Crippen molar-refractivity contribution in [2.24, 2.45) is 0 Å². The fourth-order valence-electron chi connectivity index (χ4n) is 0.914. The lowest BCUT2D eigenvalue weighted by atomic mass is 10.4. The maximum atomic E-state index is 10.9. The van der Waals surface area contributed by atoms with Crippen molar-refractivity contribution in [3.63, 3.8) is 0 Å². The van der Waals surface area contributed by atoms with Gasteiger partial charge in [0, 0.05) is 18.9 Å². The van der Waals surface area contributed by atoms with E-state index >= 15 is 0 Å². The predicted molar refractivity (Wildman–Crippen MR) is 42.0 cm³/mol. The third kappa shape index (κ3) is 2.14. The lowest BCUT2D eigenvalue weighted by Crippen LogP contribution is -2.31.